The molecule has 0 saturated carbocycles. The Balaban J connectivity index is 1.54. The summed E-state index contributed by atoms with van der Waals surface area (Å²) in [5, 5.41) is 15.7. The summed E-state index contributed by atoms with van der Waals surface area (Å²) in [6, 6.07) is 7.40. The molecular formula is C28H35N7O3. The van der Waals surface area contributed by atoms with E-state index in [0.29, 0.717) is 35.6 Å². The highest BCUT2D eigenvalue weighted by Gasteiger charge is 2.26. The largest absolute Gasteiger partial charge is 0.358 e. The maximum atomic E-state index is 12.9. The molecule has 0 spiro atoms. The number of aromatic nitrogens is 3. The quantitative estimate of drug-likeness (QED) is 0.260. The molecule has 1 aromatic carbocycles. The van der Waals surface area contributed by atoms with Gasteiger partial charge in [0.2, 0.25) is 5.91 Å². The Kier molecular flexibility index (Phi) is 8.11. The van der Waals surface area contributed by atoms with E-state index in [1.165, 1.54) is 0 Å². The Morgan fingerprint density at radius 3 is 2.58 bits per heavy atom. The Labute approximate surface area is 222 Å². The van der Waals surface area contributed by atoms with Crippen molar-refractivity contribution in [2.24, 2.45) is 0 Å². The number of aryl methyl sites for hydroxylation is 1. The molecule has 38 heavy (non-hydrogen) atoms. The Hall–Kier alpha value is -4.18. The van der Waals surface area contributed by atoms with Gasteiger partial charge >= 0.3 is 0 Å². The van der Waals surface area contributed by atoms with Crippen LogP contribution >= 0.6 is 0 Å². The molecule has 1 aliphatic heterocycles. The number of benzene rings is 1. The van der Waals surface area contributed by atoms with Crippen molar-refractivity contribution in [1.82, 2.24) is 25.4 Å². The normalized spacial score (nSPS) is 13.6. The molecule has 200 valence electrons. The fraction of sp³-hybridized carbons (Fsp3) is 0.357. The van der Waals surface area contributed by atoms with E-state index < -0.39 is 0 Å². The van der Waals surface area contributed by atoms with Crippen molar-refractivity contribution in [2.75, 3.05) is 36.8 Å². The van der Waals surface area contributed by atoms with Gasteiger partial charge in [0.05, 0.1) is 16.8 Å². The molecule has 4 rings (SSSR count). The summed E-state index contributed by atoms with van der Waals surface area (Å²) in [4.78, 5) is 43.0. The van der Waals surface area contributed by atoms with Gasteiger partial charge in [0, 0.05) is 53.8 Å². The predicted molar refractivity (Wildman–Crippen MR) is 150 cm³/mol. The average Bonchev–Trinajstić information content (AvgIpc) is 3.57. The van der Waals surface area contributed by atoms with Gasteiger partial charge < -0.3 is 25.8 Å². The van der Waals surface area contributed by atoms with Crippen LogP contribution in [-0.4, -0.2) is 64.0 Å². The summed E-state index contributed by atoms with van der Waals surface area (Å²) in [6.45, 7) is 13.0. The number of likely N-dealkylation sites (N-methyl/N-ethyl adjacent to an activating group) is 1. The average molecular weight is 518 g/mol. The van der Waals surface area contributed by atoms with Crippen molar-refractivity contribution < 1.29 is 14.4 Å². The number of fused-ring (bicyclic) bond motifs is 1. The van der Waals surface area contributed by atoms with E-state index in [-0.39, 0.29) is 17.7 Å². The maximum Gasteiger partial charge on any atom is 0.256 e. The highest BCUT2D eigenvalue weighted by molar-refractivity contribution is 6.35. The fourth-order valence-electron chi connectivity index (χ4n) is 4.63. The van der Waals surface area contributed by atoms with Gasteiger partial charge in [0.15, 0.2) is 5.82 Å². The first kappa shape index (κ1) is 26.9. The van der Waals surface area contributed by atoms with Crippen molar-refractivity contribution >= 4 is 40.9 Å². The van der Waals surface area contributed by atoms with E-state index in [9.17, 15) is 14.4 Å². The standard InChI is InChI=1S/C28H35N7O3/c1-6-25(36)32-24-15-22(33-34-24)18-9-10-19-20(27(37)31-23(19)13-18)14-21-16(4)26(17(5)30-21)28(38)29-11-12-35(7-2)8-3/h9-10,13-15,30H,6-8,11-12H2,1-5H3,(H,29,38)(H,31,37)(H2,32,33,34,36)/b20-14-. The van der Waals surface area contributed by atoms with Gasteiger partial charge in [-0.05, 0) is 44.6 Å². The summed E-state index contributed by atoms with van der Waals surface area (Å²) in [5.41, 5.74) is 6.41. The minimum Gasteiger partial charge on any atom is -0.358 e. The molecule has 0 aliphatic carbocycles. The first-order valence-corrected chi connectivity index (χ1v) is 13.0. The molecule has 3 aromatic rings. The first-order valence-electron chi connectivity index (χ1n) is 13.0. The van der Waals surface area contributed by atoms with Crippen molar-refractivity contribution in [3.05, 3.63) is 52.3 Å². The van der Waals surface area contributed by atoms with Crippen LogP contribution in [0.3, 0.4) is 0 Å². The van der Waals surface area contributed by atoms with E-state index in [1.54, 1.807) is 19.1 Å². The molecule has 10 heteroatoms. The second kappa shape index (κ2) is 11.5. The van der Waals surface area contributed by atoms with E-state index in [4.69, 9.17) is 0 Å². The molecule has 0 saturated heterocycles. The molecule has 3 amide bonds. The summed E-state index contributed by atoms with van der Waals surface area (Å²) in [5.74, 6) is -0.00539. The summed E-state index contributed by atoms with van der Waals surface area (Å²) < 4.78 is 0. The number of hydrogen-bond donors (Lipinski definition) is 5. The van der Waals surface area contributed by atoms with Gasteiger partial charge in [-0.1, -0.05) is 32.9 Å². The zero-order valence-corrected chi connectivity index (χ0v) is 22.5. The van der Waals surface area contributed by atoms with Crippen molar-refractivity contribution in [3.8, 4) is 11.3 Å². The molecule has 5 N–H and O–H groups in total. The van der Waals surface area contributed by atoms with Gasteiger partial charge in [-0.2, -0.15) is 5.10 Å². The van der Waals surface area contributed by atoms with E-state index in [1.807, 2.05) is 32.0 Å². The zero-order valence-electron chi connectivity index (χ0n) is 22.5. The van der Waals surface area contributed by atoms with Crippen LogP contribution in [0.5, 0.6) is 0 Å². The summed E-state index contributed by atoms with van der Waals surface area (Å²) in [6.07, 6.45) is 2.16. The Morgan fingerprint density at radius 2 is 1.87 bits per heavy atom. The Morgan fingerprint density at radius 1 is 1.11 bits per heavy atom. The van der Waals surface area contributed by atoms with E-state index in [0.717, 1.165) is 53.4 Å². The van der Waals surface area contributed by atoms with Crippen molar-refractivity contribution in [2.45, 2.75) is 41.0 Å². The van der Waals surface area contributed by atoms with Crippen LogP contribution in [0.25, 0.3) is 22.9 Å². The van der Waals surface area contributed by atoms with E-state index >= 15 is 0 Å². The summed E-state index contributed by atoms with van der Waals surface area (Å²) in [7, 11) is 0. The number of H-pyrrole nitrogens is 2. The number of anilines is 2. The number of amides is 3. The SMILES string of the molecule is CCC(=O)Nc1cc(-c2ccc3c(c2)NC(=O)/C3=C\c2[nH]c(C)c(C(=O)NCCN(CC)CC)c2C)[nH]n1. The molecular weight excluding hydrogens is 482 g/mol. The van der Waals surface area contributed by atoms with Crippen LogP contribution in [-0.2, 0) is 9.59 Å². The molecule has 1 aliphatic rings. The second-order valence-corrected chi connectivity index (χ2v) is 9.29. The lowest BCUT2D eigenvalue weighted by Crippen LogP contribution is -2.35. The molecule has 10 nitrogen and oxygen atoms in total. The topological polar surface area (TPSA) is 135 Å². The summed E-state index contributed by atoms with van der Waals surface area (Å²) >= 11 is 0. The Bertz CT molecular complexity index is 1400. The van der Waals surface area contributed by atoms with Crippen molar-refractivity contribution in [3.63, 3.8) is 0 Å². The number of aromatic amines is 2. The molecule has 0 atom stereocenters. The maximum absolute atomic E-state index is 12.9. The highest BCUT2D eigenvalue weighted by atomic mass is 16.2. The number of rotatable bonds is 10. The second-order valence-electron chi connectivity index (χ2n) is 9.29. The highest BCUT2D eigenvalue weighted by Crippen LogP contribution is 2.36. The third-order valence-electron chi connectivity index (χ3n) is 6.88. The minimum absolute atomic E-state index is 0.117. The molecule has 2 aromatic heterocycles. The number of nitrogens with one attached hydrogen (secondary N) is 5. The number of carbonyl (C=O) groups excluding carboxylic acids is 3. The van der Waals surface area contributed by atoms with Crippen LogP contribution in [0.4, 0.5) is 11.5 Å². The predicted octanol–water partition coefficient (Wildman–Crippen LogP) is 3.93. The van der Waals surface area contributed by atoms with Gasteiger partial charge in [0.1, 0.15) is 0 Å². The number of nitrogens with zero attached hydrogens (tertiary/aromatic N) is 2. The lowest BCUT2D eigenvalue weighted by Gasteiger charge is -2.18. The van der Waals surface area contributed by atoms with Gasteiger partial charge in [-0.25, -0.2) is 0 Å². The number of carbonyl (C=O) groups is 3. The van der Waals surface area contributed by atoms with Crippen LogP contribution in [0, 0.1) is 13.8 Å². The monoisotopic (exact) mass is 517 g/mol. The van der Waals surface area contributed by atoms with Gasteiger partial charge in [-0.15, -0.1) is 0 Å². The van der Waals surface area contributed by atoms with Crippen LogP contribution in [0.2, 0.25) is 0 Å². The van der Waals surface area contributed by atoms with Crippen molar-refractivity contribution in [1.29, 1.82) is 0 Å². The lowest BCUT2D eigenvalue weighted by atomic mass is 10.0. The molecule has 0 fully saturated rings. The van der Waals surface area contributed by atoms with Crippen LogP contribution in [0.1, 0.15) is 60.1 Å². The van der Waals surface area contributed by atoms with Crippen LogP contribution in [0.15, 0.2) is 24.3 Å². The fourth-order valence-corrected chi connectivity index (χ4v) is 4.63. The molecule has 3 heterocycles. The minimum atomic E-state index is -0.213. The third kappa shape index (κ3) is 5.55. The van der Waals surface area contributed by atoms with Gasteiger partial charge in [0.25, 0.3) is 11.8 Å². The zero-order chi connectivity index (χ0) is 27.4. The molecule has 0 bridgehead atoms. The third-order valence-corrected chi connectivity index (χ3v) is 6.88. The lowest BCUT2D eigenvalue weighted by molar-refractivity contribution is -0.116. The van der Waals surface area contributed by atoms with Gasteiger partial charge in [-0.3, -0.25) is 19.5 Å². The van der Waals surface area contributed by atoms with Crippen LogP contribution < -0.4 is 16.0 Å². The number of hydrogen-bond acceptors (Lipinski definition) is 5. The van der Waals surface area contributed by atoms with E-state index in [2.05, 4.69) is 49.9 Å². The molecule has 0 unspecified atom stereocenters. The molecule has 0 radical (unpaired) electrons. The first-order chi connectivity index (χ1) is 18.2. The smallest absolute Gasteiger partial charge is 0.256 e.